The molecule has 0 radical (unpaired) electrons. The van der Waals surface area contributed by atoms with E-state index in [-0.39, 0.29) is 11.5 Å². The molecule has 0 spiro atoms. The van der Waals surface area contributed by atoms with Crippen molar-refractivity contribution in [2.75, 3.05) is 27.3 Å². The molecular formula is C29H29NO5. The number of nitrogens with zero attached hydrogens (tertiary/aromatic N) is 1. The van der Waals surface area contributed by atoms with Crippen molar-refractivity contribution < 1.29 is 18.6 Å². The fourth-order valence-corrected chi connectivity index (χ4v) is 4.59. The zero-order valence-electron chi connectivity index (χ0n) is 20.0. The van der Waals surface area contributed by atoms with Crippen molar-refractivity contribution in [3.05, 3.63) is 88.8 Å². The highest BCUT2D eigenvalue weighted by Crippen LogP contribution is 2.32. The van der Waals surface area contributed by atoms with Gasteiger partial charge in [0.25, 0.3) is 0 Å². The maximum Gasteiger partial charge on any atom is 0.200 e. The first-order valence-corrected chi connectivity index (χ1v) is 11.9. The summed E-state index contributed by atoms with van der Waals surface area (Å²) < 4.78 is 22.6. The molecule has 0 amide bonds. The Labute approximate surface area is 204 Å². The van der Waals surface area contributed by atoms with E-state index in [2.05, 4.69) is 35.2 Å². The summed E-state index contributed by atoms with van der Waals surface area (Å²) in [7, 11) is 3.09. The van der Waals surface area contributed by atoms with Gasteiger partial charge in [0.1, 0.15) is 23.7 Å². The van der Waals surface area contributed by atoms with Crippen LogP contribution in [0.2, 0.25) is 0 Å². The fourth-order valence-electron chi connectivity index (χ4n) is 4.59. The molecule has 1 aliphatic heterocycles. The summed E-state index contributed by atoms with van der Waals surface area (Å²) in [6.07, 6.45) is 3.68. The number of piperidine rings is 1. The second-order valence-corrected chi connectivity index (χ2v) is 8.79. The van der Waals surface area contributed by atoms with Crippen molar-refractivity contribution in [3.8, 4) is 28.4 Å². The summed E-state index contributed by atoms with van der Waals surface area (Å²) in [5.41, 5.74) is 2.95. The van der Waals surface area contributed by atoms with E-state index in [4.69, 9.17) is 18.6 Å². The quantitative estimate of drug-likeness (QED) is 0.354. The van der Waals surface area contributed by atoms with Gasteiger partial charge in [0.2, 0.25) is 5.43 Å². The van der Waals surface area contributed by atoms with E-state index in [1.54, 1.807) is 26.4 Å². The number of fused-ring (bicyclic) bond motifs is 1. The number of rotatable bonds is 7. The van der Waals surface area contributed by atoms with Crippen molar-refractivity contribution in [3.63, 3.8) is 0 Å². The second kappa shape index (κ2) is 10.2. The Balaban J connectivity index is 1.25. The van der Waals surface area contributed by atoms with Crippen molar-refractivity contribution in [1.29, 1.82) is 0 Å². The number of methoxy groups -OCH3 is 2. The van der Waals surface area contributed by atoms with Gasteiger partial charge in [0.05, 0.1) is 25.2 Å². The van der Waals surface area contributed by atoms with Crippen LogP contribution in [0.15, 0.2) is 82.2 Å². The molecule has 2 heterocycles. The molecule has 1 saturated heterocycles. The molecule has 180 valence electrons. The Kier molecular flexibility index (Phi) is 6.73. The van der Waals surface area contributed by atoms with Crippen molar-refractivity contribution in [2.45, 2.75) is 25.5 Å². The zero-order valence-corrected chi connectivity index (χ0v) is 20.0. The molecule has 1 fully saturated rings. The maximum absolute atomic E-state index is 13.2. The average Bonchev–Trinajstić information content (AvgIpc) is 2.90. The van der Waals surface area contributed by atoms with Crippen LogP contribution in [-0.2, 0) is 6.54 Å². The molecule has 0 N–H and O–H groups in total. The van der Waals surface area contributed by atoms with Crippen LogP contribution in [0.3, 0.4) is 0 Å². The van der Waals surface area contributed by atoms with Crippen LogP contribution in [-0.4, -0.2) is 38.3 Å². The molecule has 3 aromatic carbocycles. The van der Waals surface area contributed by atoms with Crippen LogP contribution in [0.1, 0.15) is 18.4 Å². The summed E-state index contributed by atoms with van der Waals surface area (Å²) in [6, 6.07) is 21.5. The van der Waals surface area contributed by atoms with Gasteiger partial charge in [-0.1, -0.05) is 42.5 Å². The lowest BCUT2D eigenvalue weighted by Gasteiger charge is -2.32. The van der Waals surface area contributed by atoms with Crippen molar-refractivity contribution >= 4 is 11.0 Å². The molecule has 5 rings (SSSR count). The van der Waals surface area contributed by atoms with Crippen LogP contribution in [0.25, 0.3) is 22.1 Å². The largest absolute Gasteiger partial charge is 0.493 e. The molecule has 1 aromatic heterocycles. The van der Waals surface area contributed by atoms with Gasteiger partial charge in [-0.2, -0.15) is 0 Å². The first-order chi connectivity index (χ1) is 17.1. The molecule has 4 aromatic rings. The Morgan fingerprint density at radius 3 is 2.29 bits per heavy atom. The van der Waals surface area contributed by atoms with Gasteiger partial charge >= 0.3 is 0 Å². The highest BCUT2D eigenvalue weighted by atomic mass is 16.5. The SMILES string of the molecule is COc1cc2occ(-c3ccc(OC4CCN(Cc5ccccc5)CC4)cc3)c(=O)c2cc1OC. The third-order valence-corrected chi connectivity index (χ3v) is 6.53. The number of ether oxygens (including phenoxy) is 3. The molecule has 0 atom stereocenters. The second-order valence-electron chi connectivity index (χ2n) is 8.79. The minimum atomic E-state index is -0.119. The first kappa shape index (κ1) is 23.0. The summed E-state index contributed by atoms with van der Waals surface area (Å²) in [6.45, 7) is 3.02. The van der Waals surface area contributed by atoms with Gasteiger partial charge < -0.3 is 18.6 Å². The van der Waals surface area contributed by atoms with Gasteiger partial charge in [0, 0.05) is 25.7 Å². The van der Waals surface area contributed by atoms with Crippen LogP contribution in [0, 0.1) is 0 Å². The lowest BCUT2D eigenvalue weighted by atomic mass is 10.0. The Hall–Kier alpha value is -3.77. The van der Waals surface area contributed by atoms with Gasteiger partial charge in [-0.25, -0.2) is 0 Å². The minimum absolute atomic E-state index is 0.119. The first-order valence-electron chi connectivity index (χ1n) is 11.9. The molecule has 35 heavy (non-hydrogen) atoms. The van der Waals surface area contributed by atoms with Crippen LogP contribution in [0.4, 0.5) is 0 Å². The molecule has 0 bridgehead atoms. The van der Waals surface area contributed by atoms with E-state index in [1.807, 2.05) is 24.3 Å². The number of benzene rings is 3. The smallest absolute Gasteiger partial charge is 0.200 e. The van der Waals surface area contributed by atoms with E-state index in [0.717, 1.165) is 43.8 Å². The Bertz CT molecular complexity index is 1340. The number of likely N-dealkylation sites (tertiary alicyclic amines) is 1. The third kappa shape index (κ3) is 5.03. The van der Waals surface area contributed by atoms with E-state index < -0.39 is 0 Å². The Morgan fingerprint density at radius 2 is 1.60 bits per heavy atom. The summed E-state index contributed by atoms with van der Waals surface area (Å²) >= 11 is 0. The van der Waals surface area contributed by atoms with Gasteiger partial charge in [-0.15, -0.1) is 0 Å². The van der Waals surface area contributed by atoms with E-state index >= 15 is 0 Å². The van der Waals surface area contributed by atoms with Gasteiger partial charge in [-0.05, 0) is 42.2 Å². The molecule has 6 heteroatoms. The average molecular weight is 472 g/mol. The summed E-state index contributed by atoms with van der Waals surface area (Å²) in [5, 5.41) is 0.447. The highest BCUT2D eigenvalue weighted by molar-refractivity contribution is 5.84. The zero-order chi connectivity index (χ0) is 24.2. The molecule has 0 unspecified atom stereocenters. The molecule has 6 nitrogen and oxygen atoms in total. The topological polar surface area (TPSA) is 61.1 Å². The van der Waals surface area contributed by atoms with Crippen LogP contribution in [0.5, 0.6) is 17.2 Å². The third-order valence-electron chi connectivity index (χ3n) is 6.53. The Morgan fingerprint density at radius 1 is 0.914 bits per heavy atom. The van der Waals surface area contributed by atoms with Crippen molar-refractivity contribution in [2.24, 2.45) is 0 Å². The fraction of sp³-hybridized carbons (Fsp3) is 0.276. The van der Waals surface area contributed by atoms with Gasteiger partial charge in [-0.3, -0.25) is 9.69 Å². The molecule has 1 aliphatic rings. The highest BCUT2D eigenvalue weighted by Gasteiger charge is 2.21. The van der Waals surface area contributed by atoms with Crippen LogP contribution < -0.4 is 19.6 Å². The number of hydrogen-bond acceptors (Lipinski definition) is 6. The van der Waals surface area contributed by atoms with Gasteiger partial charge in [0.15, 0.2) is 11.5 Å². The predicted molar refractivity (Wildman–Crippen MR) is 136 cm³/mol. The van der Waals surface area contributed by atoms with Crippen molar-refractivity contribution in [1.82, 2.24) is 4.90 Å². The lowest BCUT2D eigenvalue weighted by molar-refractivity contribution is 0.0968. The molecule has 0 saturated carbocycles. The van der Waals surface area contributed by atoms with E-state index in [9.17, 15) is 4.79 Å². The molecular weight excluding hydrogens is 442 g/mol. The van der Waals surface area contributed by atoms with E-state index in [0.29, 0.717) is 28.0 Å². The monoisotopic (exact) mass is 471 g/mol. The summed E-state index contributed by atoms with van der Waals surface area (Å²) in [4.78, 5) is 15.6. The normalized spacial score (nSPS) is 14.7. The molecule has 0 aliphatic carbocycles. The predicted octanol–water partition coefficient (Wildman–Crippen LogP) is 5.52. The summed E-state index contributed by atoms with van der Waals surface area (Å²) in [5.74, 6) is 1.82. The van der Waals surface area contributed by atoms with E-state index in [1.165, 1.54) is 11.8 Å². The van der Waals surface area contributed by atoms with Crippen LogP contribution >= 0.6 is 0 Å². The lowest BCUT2D eigenvalue weighted by Crippen LogP contribution is -2.37. The maximum atomic E-state index is 13.2. The standard InChI is InChI=1S/C29H29NO5/c1-32-27-16-24-26(17-28(27)33-2)34-19-25(29(24)31)21-8-10-22(11-9-21)35-23-12-14-30(15-13-23)18-20-6-4-3-5-7-20/h3-11,16-17,19,23H,12-15,18H2,1-2H3. The number of hydrogen-bond donors (Lipinski definition) is 0. The minimum Gasteiger partial charge on any atom is -0.493 e.